The number of nitrogens with zero attached hydrogens (tertiary/aromatic N) is 1. The van der Waals surface area contributed by atoms with Crippen LogP contribution in [0.5, 0.6) is 11.5 Å². The van der Waals surface area contributed by atoms with Crippen LogP contribution in [0.15, 0.2) is 58.1 Å². The molecule has 38 heavy (non-hydrogen) atoms. The first-order valence-electron chi connectivity index (χ1n) is 11.6. The highest BCUT2D eigenvalue weighted by Gasteiger charge is 2.14. The lowest BCUT2D eigenvalue weighted by molar-refractivity contribution is -0.124. The molecular weight excluding hydrogens is 617 g/mol. The first kappa shape index (κ1) is 29.8. The van der Waals surface area contributed by atoms with Crippen molar-refractivity contribution in [3.8, 4) is 11.5 Å². The molecule has 2 N–H and O–H groups in total. The van der Waals surface area contributed by atoms with E-state index in [2.05, 4.69) is 31.8 Å². The van der Waals surface area contributed by atoms with E-state index in [9.17, 15) is 9.59 Å². The molecule has 3 rings (SSSR count). The Bertz CT molecular complexity index is 1350. The van der Waals surface area contributed by atoms with Crippen LogP contribution in [-0.2, 0) is 16.2 Å². The Balaban J connectivity index is 1.55. The van der Waals surface area contributed by atoms with Gasteiger partial charge in [-0.3, -0.25) is 9.59 Å². The van der Waals surface area contributed by atoms with Crippen molar-refractivity contribution in [2.45, 2.75) is 33.3 Å². The summed E-state index contributed by atoms with van der Waals surface area (Å²) in [5, 5.41) is 8.31. The molecule has 0 spiro atoms. The first-order chi connectivity index (χ1) is 18.2. The van der Waals surface area contributed by atoms with E-state index in [4.69, 9.17) is 44.3 Å². The van der Waals surface area contributed by atoms with Gasteiger partial charge in [-0.25, -0.2) is 5.43 Å². The number of carbonyl (C=O) groups excluding carboxylic acids is 2. The molecule has 2 amide bonds. The normalized spacial score (nSPS) is 10.9. The summed E-state index contributed by atoms with van der Waals surface area (Å²) in [4.78, 5) is 24.3. The quantitative estimate of drug-likeness (QED) is 0.167. The molecule has 0 aromatic heterocycles. The summed E-state index contributed by atoms with van der Waals surface area (Å²) in [5.41, 5.74) is 5.34. The predicted octanol–water partition coefficient (Wildman–Crippen LogP) is 7.56. The van der Waals surface area contributed by atoms with Crippen molar-refractivity contribution in [2.75, 3.05) is 11.9 Å². The molecule has 7 nitrogen and oxygen atoms in total. The van der Waals surface area contributed by atoms with E-state index in [0.717, 1.165) is 11.1 Å². The monoisotopic (exact) mass is 639 g/mol. The summed E-state index contributed by atoms with van der Waals surface area (Å²) in [6, 6.07) is 13.9. The number of amides is 2. The Morgan fingerprint density at radius 3 is 2.45 bits per heavy atom. The largest absolute Gasteiger partial charge is 0.490 e. The van der Waals surface area contributed by atoms with Crippen molar-refractivity contribution < 1.29 is 19.1 Å². The van der Waals surface area contributed by atoms with Gasteiger partial charge in [-0.1, -0.05) is 46.9 Å². The minimum Gasteiger partial charge on any atom is -0.490 e. The molecule has 0 bridgehead atoms. The highest BCUT2D eigenvalue weighted by atomic mass is 79.9. The zero-order valence-corrected chi connectivity index (χ0v) is 24.5. The maximum Gasteiger partial charge on any atom is 0.240 e. The number of nitrogens with one attached hydrogen (secondary N) is 2. The molecule has 0 heterocycles. The number of rotatable bonds is 11. The maximum atomic E-state index is 12.1. The van der Waals surface area contributed by atoms with Crippen LogP contribution in [0.2, 0.25) is 15.1 Å². The molecule has 0 aliphatic rings. The summed E-state index contributed by atoms with van der Waals surface area (Å²) in [5.74, 6) is 0.291. The molecule has 11 heteroatoms. The lowest BCUT2D eigenvalue weighted by Crippen LogP contribution is -2.20. The fourth-order valence-corrected chi connectivity index (χ4v) is 4.43. The Morgan fingerprint density at radius 2 is 1.74 bits per heavy atom. The van der Waals surface area contributed by atoms with Crippen molar-refractivity contribution in [3.05, 3.63) is 84.8 Å². The van der Waals surface area contributed by atoms with Crippen LogP contribution < -0.4 is 20.2 Å². The van der Waals surface area contributed by atoms with Crippen LogP contribution in [-0.4, -0.2) is 24.6 Å². The second-order valence-electron chi connectivity index (χ2n) is 8.09. The summed E-state index contributed by atoms with van der Waals surface area (Å²) in [7, 11) is 0. The molecule has 0 aliphatic carbocycles. The summed E-state index contributed by atoms with van der Waals surface area (Å²) < 4.78 is 12.3. The van der Waals surface area contributed by atoms with Gasteiger partial charge >= 0.3 is 0 Å². The number of hydrazone groups is 1. The SMILES string of the molecule is CCOc1cc(C=NNC(=O)CCC(=O)Nc2ccc(C)c(Cl)c2)cc(Br)c1OCc1ccc(Cl)cc1Cl. The molecule has 0 unspecified atom stereocenters. The lowest BCUT2D eigenvalue weighted by Gasteiger charge is -2.15. The van der Waals surface area contributed by atoms with Gasteiger partial charge in [-0.15, -0.1) is 0 Å². The molecule has 200 valence electrons. The van der Waals surface area contributed by atoms with Gasteiger partial charge in [0.2, 0.25) is 11.8 Å². The summed E-state index contributed by atoms with van der Waals surface area (Å²) in [6.07, 6.45) is 1.44. The predicted molar refractivity (Wildman–Crippen MR) is 156 cm³/mol. The zero-order valence-electron chi connectivity index (χ0n) is 20.6. The molecule has 0 saturated carbocycles. The van der Waals surface area contributed by atoms with E-state index in [1.54, 1.807) is 42.5 Å². The van der Waals surface area contributed by atoms with Crippen LogP contribution >= 0.6 is 50.7 Å². The van der Waals surface area contributed by atoms with Crippen LogP contribution in [0.4, 0.5) is 5.69 Å². The van der Waals surface area contributed by atoms with Crippen LogP contribution in [0, 0.1) is 6.92 Å². The summed E-state index contributed by atoms with van der Waals surface area (Å²) in [6.45, 7) is 4.36. The van der Waals surface area contributed by atoms with E-state index in [-0.39, 0.29) is 25.4 Å². The Kier molecular flexibility index (Phi) is 11.3. The van der Waals surface area contributed by atoms with Gasteiger partial charge in [0.05, 0.1) is 17.3 Å². The third-order valence-electron chi connectivity index (χ3n) is 5.16. The highest BCUT2D eigenvalue weighted by molar-refractivity contribution is 9.10. The fourth-order valence-electron chi connectivity index (χ4n) is 3.21. The molecule has 0 fully saturated rings. The zero-order chi connectivity index (χ0) is 27.7. The van der Waals surface area contributed by atoms with Crippen molar-refractivity contribution in [1.29, 1.82) is 0 Å². The maximum absolute atomic E-state index is 12.1. The average Bonchev–Trinajstić information content (AvgIpc) is 2.86. The second kappa shape index (κ2) is 14.4. The lowest BCUT2D eigenvalue weighted by atomic mass is 10.2. The molecule has 0 radical (unpaired) electrons. The van der Waals surface area contributed by atoms with E-state index >= 15 is 0 Å². The number of anilines is 1. The number of aryl methyl sites for hydroxylation is 1. The number of halogens is 4. The van der Waals surface area contributed by atoms with Crippen molar-refractivity contribution >= 4 is 74.4 Å². The standard InChI is InChI=1S/C27H25BrCl3N3O4/c1-3-37-24-11-17(10-21(28)27(24)38-15-18-5-6-19(29)12-23(18)31)14-32-34-26(36)9-8-25(35)33-20-7-4-16(2)22(30)13-20/h4-7,10-14H,3,8-9,15H2,1-2H3,(H,33,35)(H,34,36). The summed E-state index contributed by atoms with van der Waals surface area (Å²) >= 11 is 21.8. The van der Waals surface area contributed by atoms with Crippen molar-refractivity contribution in [2.24, 2.45) is 5.10 Å². The first-order valence-corrected chi connectivity index (χ1v) is 13.5. The van der Waals surface area contributed by atoms with Crippen molar-refractivity contribution in [3.63, 3.8) is 0 Å². The number of hydrogen-bond acceptors (Lipinski definition) is 5. The molecular formula is C27H25BrCl3N3O4. The number of ether oxygens (including phenoxy) is 2. The Morgan fingerprint density at radius 1 is 0.974 bits per heavy atom. The molecule has 0 aliphatic heterocycles. The van der Waals surface area contributed by atoms with E-state index in [0.29, 0.717) is 48.9 Å². The Labute approximate surface area is 244 Å². The third-order valence-corrected chi connectivity index (χ3v) is 6.74. The third kappa shape index (κ3) is 8.91. The molecule has 3 aromatic rings. The number of hydrogen-bond donors (Lipinski definition) is 2. The molecule has 3 aromatic carbocycles. The van der Waals surface area contributed by atoms with Gasteiger partial charge in [0.25, 0.3) is 0 Å². The van der Waals surface area contributed by atoms with Crippen LogP contribution in [0.25, 0.3) is 0 Å². The minimum atomic E-state index is -0.401. The number of carbonyl (C=O) groups is 2. The highest BCUT2D eigenvalue weighted by Crippen LogP contribution is 2.37. The molecule has 0 atom stereocenters. The second-order valence-corrected chi connectivity index (χ2v) is 10.2. The van der Waals surface area contributed by atoms with Crippen LogP contribution in [0.3, 0.4) is 0 Å². The van der Waals surface area contributed by atoms with Gasteiger partial charge in [0.15, 0.2) is 11.5 Å². The van der Waals surface area contributed by atoms with E-state index in [1.165, 1.54) is 6.21 Å². The van der Waals surface area contributed by atoms with Gasteiger partial charge in [-0.05, 0) is 77.3 Å². The van der Waals surface area contributed by atoms with Crippen LogP contribution in [0.1, 0.15) is 36.5 Å². The molecule has 0 saturated heterocycles. The average molecular weight is 642 g/mol. The minimum absolute atomic E-state index is 0.00342. The van der Waals surface area contributed by atoms with Gasteiger partial charge in [0.1, 0.15) is 6.61 Å². The van der Waals surface area contributed by atoms with Gasteiger partial charge in [-0.2, -0.15) is 5.10 Å². The fraction of sp³-hybridized carbons (Fsp3) is 0.222. The Hall–Kier alpha value is -2.78. The van der Waals surface area contributed by atoms with Crippen molar-refractivity contribution in [1.82, 2.24) is 5.43 Å². The smallest absolute Gasteiger partial charge is 0.240 e. The topological polar surface area (TPSA) is 89.0 Å². The van der Waals surface area contributed by atoms with Gasteiger partial charge < -0.3 is 14.8 Å². The van der Waals surface area contributed by atoms with E-state index in [1.807, 2.05) is 19.9 Å². The van der Waals surface area contributed by atoms with Gasteiger partial charge in [0, 0.05) is 39.2 Å². The number of benzene rings is 3. The van der Waals surface area contributed by atoms with E-state index < -0.39 is 5.91 Å².